The Morgan fingerprint density at radius 1 is 1.36 bits per heavy atom. The van der Waals surface area contributed by atoms with Crippen LogP contribution in [-0.4, -0.2) is 23.1 Å². The normalized spacial score (nSPS) is 16.6. The lowest BCUT2D eigenvalue weighted by atomic mass is 10.1. The van der Waals surface area contributed by atoms with Crippen molar-refractivity contribution in [2.75, 3.05) is 23.7 Å². The van der Waals surface area contributed by atoms with Crippen molar-refractivity contribution in [2.24, 2.45) is 0 Å². The van der Waals surface area contributed by atoms with Crippen molar-refractivity contribution in [1.82, 2.24) is 9.97 Å². The predicted octanol–water partition coefficient (Wildman–Crippen LogP) is 1.22. The second-order valence-electron chi connectivity index (χ2n) is 3.53. The van der Waals surface area contributed by atoms with Crippen LogP contribution in [0.3, 0.4) is 0 Å². The standard InChI is InChI=1S/C10H14N4/c1-8-3-2-6-14(7-8)10-9(11)12-4-5-13-10/h3-5H,2,6-7H2,1H3,(H2,11,12). The van der Waals surface area contributed by atoms with E-state index in [2.05, 4.69) is 27.9 Å². The lowest BCUT2D eigenvalue weighted by Crippen LogP contribution is -2.30. The van der Waals surface area contributed by atoms with Crippen LogP contribution < -0.4 is 10.6 Å². The zero-order chi connectivity index (χ0) is 9.97. The number of rotatable bonds is 1. The molecule has 0 amide bonds. The van der Waals surface area contributed by atoms with Gasteiger partial charge in [-0.25, -0.2) is 9.97 Å². The van der Waals surface area contributed by atoms with Crippen LogP contribution in [0.25, 0.3) is 0 Å². The van der Waals surface area contributed by atoms with Crippen molar-refractivity contribution in [3.8, 4) is 0 Å². The van der Waals surface area contributed by atoms with Crippen LogP contribution in [0.2, 0.25) is 0 Å². The Hall–Kier alpha value is -1.58. The van der Waals surface area contributed by atoms with Gasteiger partial charge >= 0.3 is 0 Å². The first-order valence-electron chi connectivity index (χ1n) is 4.74. The molecule has 0 unspecified atom stereocenters. The molecule has 0 radical (unpaired) electrons. The summed E-state index contributed by atoms with van der Waals surface area (Å²) in [6, 6.07) is 0. The molecule has 0 atom stereocenters. The van der Waals surface area contributed by atoms with Crippen LogP contribution in [-0.2, 0) is 0 Å². The van der Waals surface area contributed by atoms with Gasteiger partial charge in [-0.2, -0.15) is 0 Å². The van der Waals surface area contributed by atoms with E-state index in [1.165, 1.54) is 5.57 Å². The highest BCUT2D eigenvalue weighted by atomic mass is 15.2. The molecule has 1 aromatic rings. The maximum Gasteiger partial charge on any atom is 0.171 e. The molecule has 0 saturated heterocycles. The minimum absolute atomic E-state index is 0.516. The van der Waals surface area contributed by atoms with Crippen LogP contribution in [0.5, 0.6) is 0 Å². The SMILES string of the molecule is CC1=CCCN(c2nccnc2N)C1. The van der Waals surface area contributed by atoms with Crippen LogP contribution >= 0.6 is 0 Å². The van der Waals surface area contributed by atoms with E-state index in [0.717, 1.165) is 25.3 Å². The molecule has 74 valence electrons. The van der Waals surface area contributed by atoms with E-state index in [1.807, 2.05) is 0 Å². The predicted molar refractivity (Wildman–Crippen MR) is 57.0 cm³/mol. The quantitative estimate of drug-likeness (QED) is 0.676. The molecule has 1 aromatic heterocycles. The molecule has 2 rings (SSSR count). The van der Waals surface area contributed by atoms with Crippen LogP contribution in [0.15, 0.2) is 24.0 Å². The van der Waals surface area contributed by atoms with Gasteiger partial charge in [0.05, 0.1) is 0 Å². The first kappa shape index (κ1) is 8.99. The van der Waals surface area contributed by atoms with Gasteiger partial charge in [0.1, 0.15) is 0 Å². The third kappa shape index (κ3) is 1.69. The van der Waals surface area contributed by atoms with Gasteiger partial charge in [-0.05, 0) is 13.3 Å². The molecule has 0 spiro atoms. The van der Waals surface area contributed by atoms with Crippen molar-refractivity contribution in [3.05, 3.63) is 24.0 Å². The molecule has 1 aliphatic rings. The maximum absolute atomic E-state index is 5.76. The Labute approximate surface area is 83.5 Å². The fourth-order valence-electron chi connectivity index (χ4n) is 1.68. The Morgan fingerprint density at radius 2 is 2.14 bits per heavy atom. The molecule has 2 N–H and O–H groups in total. The van der Waals surface area contributed by atoms with Gasteiger partial charge in [0.2, 0.25) is 0 Å². The summed E-state index contributed by atoms with van der Waals surface area (Å²) >= 11 is 0. The van der Waals surface area contributed by atoms with E-state index in [4.69, 9.17) is 5.73 Å². The van der Waals surface area contributed by atoms with Crippen molar-refractivity contribution in [3.63, 3.8) is 0 Å². The summed E-state index contributed by atoms with van der Waals surface area (Å²) in [5.74, 6) is 1.32. The summed E-state index contributed by atoms with van der Waals surface area (Å²) in [6.07, 6.45) is 6.61. The van der Waals surface area contributed by atoms with E-state index in [9.17, 15) is 0 Å². The van der Waals surface area contributed by atoms with Crippen molar-refractivity contribution < 1.29 is 0 Å². The van der Waals surface area contributed by atoms with Gasteiger partial charge in [-0.15, -0.1) is 0 Å². The molecule has 0 aliphatic carbocycles. The van der Waals surface area contributed by atoms with E-state index < -0.39 is 0 Å². The van der Waals surface area contributed by atoms with Gasteiger partial charge in [-0.1, -0.05) is 11.6 Å². The number of hydrogen-bond acceptors (Lipinski definition) is 4. The average Bonchev–Trinajstić information content (AvgIpc) is 2.18. The van der Waals surface area contributed by atoms with Gasteiger partial charge in [0, 0.05) is 25.5 Å². The highest BCUT2D eigenvalue weighted by Crippen LogP contribution is 2.20. The summed E-state index contributed by atoms with van der Waals surface area (Å²) in [7, 11) is 0. The van der Waals surface area contributed by atoms with Crippen LogP contribution in [0.1, 0.15) is 13.3 Å². The number of nitrogens with two attached hydrogens (primary N) is 1. The monoisotopic (exact) mass is 190 g/mol. The fraction of sp³-hybridized carbons (Fsp3) is 0.400. The molecule has 0 fully saturated rings. The van der Waals surface area contributed by atoms with Crippen molar-refractivity contribution in [1.29, 1.82) is 0 Å². The number of nitrogen functional groups attached to an aromatic ring is 1. The second kappa shape index (κ2) is 3.65. The molecule has 14 heavy (non-hydrogen) atoms. The van der Waals surface area contributed by atoms with Gasteiger partial charge < -0.3 is 10.6 Å². The highest BCUT2D eigenvalue weighted by Gasteiger charge is 2.14. The molecule has 4 heteroatoms. The summed E-state index contributed by atoms with van der Waals surface area (Å²) in [5, 5.41) is 0. The maximum atomic E-state index is 5.76. The first-order valence-corrected chi connectivity index (χ1v) is 4.74. The highest BCUT2D eigenvalue weighted by molar-refractivity contribution is 5.58. The molecular formula is C10H14N4. The van der Waals surface area contributed by atoms with E-state index in [1.54, 1.807) is 12.4 Å². The summed E-state index contributed by atoms with van der Waals surface area (Å²) < 4.78 is 0. The van der Waals surface area contributed by atoms with Gasteiger partial charge in [0.15, 0.2) is 11.6 Å². The zero-order valence-electron chi connectivity index (χ0n) is 8.27. The largest absolute Gasteiger partial charge is 0.381 e. The topological polar surface area (TPSA) is 55.0 Å². The first-order chi connectivity index (χ1) is 6.77. The molecule has 1 aliphatic heterocycles. The van der Waals surface area contributed by atoms with E-state index in [0.29, 0.717) is 5.82 Å². The van der Waals surface area contributed by atoms with E-state index in [-0.39, 0.29) is 0 Å². The zero-order valence-corrected chi connectivity index (χ0v) is 8.27. The summed E-state index contributed by atoms with van der Waals surface area (Å²) in [4.78, 5) is 10.4. The third-order valence-electron chi connectivity index (χ3n) is 2.34. The summed E-state index contributed by atoms with van der Waals surface area (Å²) in [6.45, 7) is 4.00. The van der Waals surface area contributed by atoms with Gasteiger partial charge in [0.25, 0.3) is 0 Å². The average molecular weight is 190 g/mol. The minimum atomic E-state index is 0.516. The van der Waals surface area contributed by atoms with Gasteiger partial charge in [-0.3, -0.25) is 0 Å². The number of aromatic nitrogens is 2. The smallest absolute Gasteiger partial charge is 0.171 e. The molecular weight excluding hydrogens is 176 g/mol. The Morgan fingerprint density at radius 3 is 2.86 bits per heavy atom. The molecule has 2 heterocycles. The Balaban J connectivity index is 2.24. The Kier molecular flexibility index (Phi) is 2.35. The van der Waals surface area contributed by atoms with E-state index >= 15 is 0 Å². The fourth-order valence-corrected chi connectivity index (χ4v) is 1.68. The number of hydrogen-bond donors (Lipinski definition) is 1. The minimum Gasteiger partial charge on any atom is -0.381 e. The van der Waals surface area contributed by atoms with Crippen LogP contribution in [0.4, 0.5) is 11.6 Å². The molecule has 0 aromatic carbocycles. The third-order valence-corrected chi connectivity index (χ3v) is 2.34. The van der Waals surface area contributed by atoms with Crippen LogP contribution in [0, 0.1) is 0 Å². The Bertz CT molecular complexity index is 359. The molecule has 0 bridgehead atoms. The van der Waals surface area contributed by atoms with Crippen molar-refractivity contribution in [2.45, 2.75) is 13.3 Å². The lowest BCUT2D eigenvalue weighted by molar-refractivity contribution is 0.777. The number of nitrogens with zero attached hydrogens (tertiary/aromatic N) is 3. The lowest BCUT2D eigenvalue weighted by Gasteiger charge is -2.27. The summed E-state index contributed by atoms with van der Waals surface area (Å²) in [5.41, 5.74) is 7.12. The number of anilines is 2. The molecule has 0 saturated carbocycles. The van der Waals surface area contributed by atoms with Crippen molar-refractivity contribution >= 4 is 11.6 Å². The molecule has 4 nitrogen and oxygen atoms in total. The second-order valence-corrected chi connectivity index (χ2v) is 3.53.